The minimum atomic E-state index is -0.693. The summed E-state index contributed by atoms with van der Waals surface area (Å²) in [5.41, 5.74) is 0.0188. The molecule has 2 rings (SSSR count). The van der Waals surface area contributed by atoms with Gasteiger partial charge in [0.05, 0.1) is 19.8 Å². The van der Waals surface area contributed by atoms with Crippen molar-refractivity contribution in [2.75, 3.05) is 45.1 Å². The van der Waals surface area contributed by atoms with Crippen LogP contribution in [-0.2, 0) is 15.5 Å². The number of guanidine groups is 1. The van der Waals surface area contributed by atoms with Gasteiger partial charge in [0, 0.05) is 53.0 Å². The number of rotatable bonds is 7. The first kappa shape index (κ1) is 21.6. The van der Waals surface area contributed by atoms with Gasteiger partial charge in [-0.25, -0.2) is 0 Å². The smallest absolute Gasteiger partial charge is 0.191 e. The first-order valence-electron chi connectivity index (χ1n) is 10.2. The summed E-state index contributed by atoms with van der Waals surface area (Å²) in [7, 11) is -0.693. The van der Waals surface area contributed by atoms with Crippen LogP contribution in [0.4, 0.5) is 0 Å². The second-order valence-corrected chi connectivity index (χ2v) is 9.91. The first-order valence-corrected chi connectivity index (χ1v) is 11.6. The number of aliphatic imine (C=N–C) groups is 1. The van der Waals surface area contributed by atoms with Crippen molar-refractivity contribution in [1.29, 1.82) is 0 Å². The summed E-state index contributed by atoms with van der Waals surface area (Å²) in [6, 6.07) is 0.369. The fraction of sp³-hybridized carbons (Fsp3) is 0.947. The normalized spacial score (nSPS) is 27.2. The highest BCUT2D eigenvalue weighted by molar-refractivity contribution is 7.85. The fourth-order valence-electron chi connectivity index (χ4n) is 3.81. The van der Waals surface area contributed by atoms with Crippen molar-refractivity contribution in [1.82, 2.24) is 15.5 Å². The third-order valence-electron chi connectivity index (χ3n) is 5.46. The molecule has 0 bridgehead atoms. The van der Waals surface area contributed by atoms with Gasteiger partial charge in [0.2, 0.25) is 0 Å². The van der Waals surface area contributed by atoms with E-state index in [1.807, 2.05) is 6.92 Å². The van der Waals surface area contributed by atoms with Crippen molar-refractivity contribution in [3.05, 3.63) is 0 Å². The van der Waals surface area contributed by atoms with Crippen molar-refractivity contribution in [2.45, 2.75) is 70.2 Å². The number of morpholine rings is 1. The predicted octanol–water partition coefficient (Wildman–Crippen LogP) is 1.73. The molecule has 2 N–H and O–H groups in total. The molecule has 0 amide bonds. The molecule has 1 saturated carbocycles. The van der Waals surface area contributed by atoms with E-state index in [0.717, 1.165) is 76.8 Å². The summed E-state index contributed by atoms with van der Waals surface area (Å²) in [5.74, 6) is 1.65. The third kappa shape index (κ3) is 6.50. The van der Waals surface area contributed by atoms with Crippen LogP contribution in [0, 0.1) is 0 Å². The molecule has 3 atom stereocenters. The lowest BCUT2D eigenvalue weighted by Crippen LogP contribution is -2.52. The molecule has 1 saturated heterocycles. The fourth-order valence-corrected chi connectivity index (χ4v) is 5.15. The van der Waals surface area contributed by atoms with Gasteiger partial charge in [-0.05, 0) is 40.0 Å². The topological polar surface area (TPSA) is 66.0 Å². The Kier molecular flexibility index (Phi) is 8.84. The molecule has 6 nitrogen and oxygen atoms in total. The van der Waals surface area contributed by atoms with Crippen LogP contribution in [0.2, 0.25) is 0 Å². The molecule has 0 radical (unpaired) electrons. The van der Waals surface area contributed by atoms with E-state index in [2.05, 4.69) is 36.3 Å². The molecule has 0 aromatic rings. The highest BCUT2D eigenvalue weighted by Crippen LogP contribution is 2.23. The Hall–Kier alpha value is -0.660. The summed E-state index contributed by atoms with van der Waals surface area (Å²) in [4.78, 5) is 7.34. The maximum atomic E-state index is 12.2. The molecule has 0 spiro atoms. The standard InChI is InChI=1S/C19H38N4O2S/c1-5-20-18(21-15-19(3,4)23-10-12-25-13-11-23)22-16-8-7-9-17(14-16)26(24)6-2/h16-17H,5-15H2,1-4H3,(H2,20,21,22). The molecule has 152 valence electrons. The monoisotopic (exact) mass is 386 g/mol. The van der Waals surface area contributed by atoms with Crippen LogP contribution >= 0.6 is 0 Å². The van der Waals surface area contributed by atoms with E-state index in [1.54, 1.807) is 0 Å². The summed E-state index contributed by atoms with van der Waals surface area (Å²) in [6.07, 6.45) is 4.36. The van der Waals surface area contributed by atoms with Gasteiger partial charge in [0.25, 0.3) is 0 Å². The second kappa shape index (κ2) is 10.6. The summed E-state index contributed by atoms with van der Waals surface area (Å²) in [5, 5.41) is 7.32. The van der Waals surface area contributed by atoms with Gasteiger partial charge in [-0.2, -0.15) is 0 Å². The quantitative estimate of drug-likeness (QED) is 0.515. The average Bonchev–Trinajstić information content (AvgIpc) is 2.66. The van der Waals surface area contributed by atoms with Gasteiger partial charge in [-0.1, -0.05) is 13.3 Å². The molecule has 1 heterocycles. The third-order valence-corrected chi connectivity index (χ3v) is 7.20. The molecular formula is C19H38N4O2S. The Morgan fingerprint density at radius 2 is 2.00 bits per heavy atom. The lowest BCUT2D eigenvalue weighted by atomic mass is 9.95. The highest BCUT2D eigenvalue weighted by Gasteiger charge is 2.29. The van der Waals surface area contributed by atoms with Gasteiger partial charge >= 0.3 is 0 Å². The zero-order valence-corrected chi connectivity index (χ0v) is 17.9. The van der Waals surface area contributed by atoms with Crippen LogP contribution in [0.15, 0.2) is 4.99 Å². The van der Waals surface area contributed by atoms with E-state index >= 15 is 0 Å². The summed E-state index contributed by atoms with van der Waals surface area (Å²) in [6.45, 7) is 13.8. The Bertz CT molecular complexity index is 478. The molecule has 1 aliphatic carbocycles. The molecule has 0 aromatic heterocycles. The van der Waals surface area contributed by atoms with Gasteiger partial charge in [-0.15, -0.1) is 0 Å². The van der Waals surface area contributed by atoms with Crippen molar-refractivity contribution >= 4 is 16.8 Å². The zero-order chi connectivity index (χ0) is 19.0. The van der Waals surface area contributed by atoms with Crippen molar-refractivity contribution in [2.24, 2.45) is 4.99 Å². The zero-order valence-electron chi connectivity index (χ0n) is 17.1. The van der Waals surface area contributed by atoms with Crippen molar-refractivity contribution < 1.29 is 8.95 Å². The van der Waals surface area contributed by atoms with E-state index in [0.29, 0.717) is 11.3 Å². The number of hydrogen-bond acceptors (Lipinski definition) is 4. The van der Waals surface area contributed by atoms with Crippen LogP contribution in [0.5, 0.6) is 0 Å². The van der Waals surface area contributed by atoms with Crippen molar-refractivity contribution in [3.63, 3.8) is 0 Å². The Labute approximate surface area is 162 Å². The molecule has 2 fully saturated rings. The van der Waals surface area contributed by atoms with E-state index in [9.17, 15) is 4.21 Å². The number of ether oxygens (including phenoxy) is 1. The van der Waals surface area contributed by atoms with Gasteiger partial charge in [0.1, 0.15) is 0 Å². The lowest BCUT2D eigenvalue weighted by molar-refractivity contribution is -0.00684. The number of nitrogens with one attached hydrogen (secondary N) is 2. The lowest BCUT2D eigenvalue weighted by Gasteiger charge is -2.40. The van der Waals surface area contributed by atoms with E-state index in [-0.39, 0.29) is 5.54 Å². The largest absolute Gasteiger partial charge is 0.379 e. The number of nitrogens with zero attached hydrogens (tertiary/aromatic N) is 2. The minimum Gasteiger partial charge on any atom is -0.379 e. The van der Waals surface area contributed by atoms with Gasteiger partial charge < -0.3 is 15.4 Å². The second-order valence-electron chi connectivity index (χ2n) is 7.91. The summed E-state index contributed by atoms with van der Waals surface area (Å²) >= 11 is 0. The predicted molar refractivity (Wildman–Crippen MR) is 110 cm³/mol. The van der Waals surface area contributed by atoms with E-state index in [4.69, 9.17) is 9.73 Å². The molecule has 26 heavy (non-hydrogen) atoms. The molecule has 3 unspecified atom stereocenters. The van der Waals surface area contributed by atoms with E-state index < -0.39 is 10.8 Å². The molecular weight excluding hydrogens is 348 g/mol. The maximum Gasteiger partial charge on any atom is 0.191 e. The van der Waals surface area contributed by atoms with Crippen LogP contribution < -0.4 is 10.6 Å². The Morgan fingerprint density at radius 3 is 2.65 bits per heavy atom. The Morgan fingerprint density at radius 1 is 1.27 bits per heavy atom. The van der Waals surface area contributed by atoms with Gasteiger partial charge in [-0.3, -0.25) is 14.1 Å². The highest BCUT2D eigenvalue weighted by atomic mass is 32.2. The summed E-state index contributed by atoms with van der Waals surface area (Å²) < 4.78 is 17.6. The molecule has 0 aromatic carbocycles. The first-order chi connectivity index (χ1) is 12.5. The Balaban J connectivity index is 1.94. The molecule has 2 aliphatic rings. The SMILES string of the molecule is CCNC(=NCC(C)(C)N1CCOCC1)NC1CCCC(S(=O)CC)C1. The maximum absolute atomic E-state index is 12.2. The van der Waals surface area contributed by atoms with Crippen LogP contribution in [0.1, 0.15) is 53.4 Å². The van der Waals surface area contributed by atoms with Crippen LogP contribution in [0.3, 0.4) is 0 Å². The molecule has 7 heteroatoms. The van der Waals surface area contributed by atoms with Crippen LogP contribution in [-0.4, -0.2) is 77.0 Å². The van der Waals surface area contributed by atoms with Crippen LogP contribution in [0.25, 0.3) is 0 Å². The van der Waals surface area contributed by atoms with E-state index in [1.165, 1.54) is 0 Å². The minimum absolute atomic E-state index is 0.0188. The van der Waals surface area contributed by atoms with Gasteiger partial charge in [0.15, 0.2) is 5.96 Å². The molecule has 1 aliphatic heterocycles. The van der Waals surface area contributed by atoms with Crippen molar-refractivity contribution in [3.8, 4) is 0 Å². The average molecular weight is 387 g/mol. The number of hydrogen-bond donors (Lipinski definition) is 2.